The molecule has 0 saturated carbocycles. The number of hydrogen-bond donors (Lipinski definition) is 3. The third-order valence-electron chi connectivity index (χ3n) is 8.18. The van der Waals surface area contributed by atoms with E-state index in [9.17, 15) is 31.1 Å². The number of aromatic nitrogens is 2. The Hall–Kier alpha value is -4.96. The molecule has 4 aromatic rings. The van der Waals surface area contributed by atoms with Gasteiger partial charge in [0.05, 0.1) is 11.3 Å². The van der Waals surface area contributed by atoms with Gasteiger partial charge in [0, 0.05) is 37.8 Å². The molecule has 10 nitrogen and oxygen atoms in total. The van der Waals surface area contributed by atoms with Crippen molar-refractivity contribution in [2.24, 2.45) is 11.1 Å². The number of carboxylic acids is 2. The standard InChI is InChI=1S/C29H31N5O.2C2HF3O2/c30-28(35)26-8-4-7-24-19-34(31-27(24)26)25-11-9-23(10-12-25)18-33-16-14-29(21-33)13-15-32(20-29)17-22-5-2-1-3-6-22;2*3-2(4,5)1(6)7/h1-12,19H,13-18,20-21H2,(H2,30,35);2*(H,6,7). The molecule has 3 heterocycles. The van der Waals surface area contributed by atoms with E-state index in [-0.39, 0.29) is 0 Å². The van der Waals surface area contributed by atoms with E-state index < -0.39 is 30.2 Å². The highest BCUT2D eigenvalue weighted by atomic mass is 19.4. The Bertz CT molecular complexity index is 1740. The summed E-state index contributed by atoms with van der Waals surface area (Å²) in [4.78, 5) is 34.8. The predicted molar refractivity (Wildman–Crippen MR) is 166 cm³/mol. The van der Waals surface area contributed by atoms with Crippen molar-refractivity contribution in [3.8, 4) is 5.69 Å². The Balaban J connectivity index is 0.000000327. The van der Waals surface area contributed by atoms with Gasteiger partial charge >= 0.3 is 24.3 Å². The van der Waals surface area contributed by atoms with Crippen LogP contribution in [0.15, 0.2) is 79.0 Å². The van der Waals surface area contributed by atoms with Crippen molar-refractivity contribution in [3.05, 3.63) is 95.7 Å². The third kappa shape index (κ3) is 10.0. The molecule has 1 spiro atoms. The lowest BCUT2D eigenvalue weighted by atomic mass is 9.86. The highest BCUT2D eigenvalue weighted by molar-refractivity contribution is 6.04. The van der Waals surface area contributed by atoms with E-state index in [1.807, 2.05) is 23.0 Å². The first kappa shape index (κ1) is 36.9. The first-order chi connectivity index (χ1) is 23.0. The number of aliphatic carboxylic acids is 2. The Morgan fingerprint density at radius 3 is 1.69 bits per heavy atom. The molecule has 0 bridgehead atoms. The van der Waals surface area contributed by atoms with E-state index in [4.69, 9.17) is 25.5 Å². The van der Waals surface area contributed by atoms with Crippen LogP contribution in [-0.4, -0.2) is 86.2 Å². The monoisotopic (exact) mass is 693 g/mol. The van der Waals surface area contributed by atoms with E-state index >= 15 is 0 Å². The van der Waals surface area contributed by atoms with Crippen LogP contribution in [0.1, 0.15) is 34.3 Å². The number of fused-ring (bicyclic) bond motifs is 1. The van der Waals surface area contributed by atoms with Crippen LogP contribution in [0.4, 0.5) is 26.3 Å². The molecule has 262 valence electrons. The number of halogens is 6. The Kier molecular flexibility index (Phi) is 11.3. The minimum atomic E-state index is -5.08. The number of likely N-dealkylation sites (tertiary alicyclic amines) is 2. The van der Waals surface area contributed by atoms with Crippen molar-refractivity contribution in [3.63, 3.8) is 0 Å². The van der Waals surface area contributed by atoms with Crippen LogP contribution in [0.5, 0.6) is 0 Å². The topological polar surface area (TPSA) is 142 Å². The van der Waals surface area contributed by atoms with E-state index in [0.29, 0.717) is 16.5 Å². The largest absolute Gasteiger partial charge is 0.490 e. The Morgan fingerprint density at radius 1 is 0.735 bits per heavy atom. The molecule has 4 N–H and O–H groups in total. The number of carboxylic acid groups (broad SMARTS) is 2. The quantitative estimate of drug-likeness (QED) is 0.225. The van der Waals surface area contributed by atoms with Gasteiger partial charge in [-0.3, -0.25) is 14.6 Å². The summed E-state index contributed by atoms with van der Waals surface area (Å²) in [6.45, 7) is 6.80. The average Bonchev–Trinajstić information content (AvgIpc) is 3.76. The van der Waals surface area contributed by atoms with Gasteiger partial charge in [-0.05, 0) is 60.7 Å². The molecule has 6 rings (SSSR count). The number of nitrogens with zero attached hydrogens (tertiary/aromatic N) is 4. The van der Waals surface area contributed by atoms with Crippen LogP contribution < -0.4 is 5.73 Å². The number of carbonyl (C=O) groups excluding carboxylic acids is 1. The summed E-state index contributed by atoms with van der Waals surface area (Å²) in [6.07, 6.45) is -5.63. The number of benzene rings is 3. The van der Waals surface area contributed by atoms with Crippen molar-refractivity contribution in [1.29, 1.82) is 0 Å². The molecule has 1 unspecified atom stereocenters. The van der Waals surface area contributed by atoms with E-state index in [1.54, 1.807) is 6.07 Å². The van der Waals surface area contributed by atoms with Crippen LogP contribution in [-0.2, 0) is 22.7 Å². The number of carbonyl (C=O) groups is 3. The molecule has 1 amide bonds. The molecule has 3 aromatic carbocycles. The molecule has 1 aromatic heterocycles. The zero-order chi connectivity index (χ0) is 36.0. The first-order valence-electron chi connectivity index (χ1n) is 14.9. The highest BCUT2D eigenvalue weighted by Crippen LogP contribution is 2.40. The van der Waals surface area contributed by atoms with E-state index in [0.717, 1.165) is 24.2 Å². The summed E-state index contributed by atoms with van der Waals surface area (Å²) in [7, 11) is 0. The van der Waals surface area contributed by atoms with Crippen molar-refractivity contribution in [2.45, 2.75) is 38.3 Å². The van der Waals surface area contributed by atoms with Crippen LogP contribution in [0.25, 0.3) is 16.6 Å². The van der Waals surface area contributed by atoms with E-state index in [1.165, 1.54) is 50.1 Å². The number of hydrogen-bond acceptors (Lipinski definition) is 6. The summed E-state index contributed by atoms with van der Waals surface area (Å²) in [6, 6.07) is 24.9. The molecular formula is C33H33F6N5O5. The fourth-order valence-corrected chi connectivity index (χ4v) is 5.89. The molecule has 1 atom stereocenters. The van der Waals surface area contributed by atoms with Gasteiger partial charge in [-0.2, -0.15) is 31.4 Å². The normalized spacial score (nSPS) is 18.1. The smallest absolute Gasteiger partial charge is 0.475 e. The van der Waals surface area contributed by atoms with Gasteiger partial charge < -0.3 is 15.9 Å². The number of rotatable bonds is 6. The summed E-state index contributed by atoms with van der Waals surface area (Å²) in [5.41, 5.74) is 10.8. The van der Waals surface area contributed by atoms with Crippen LogP contribution in [0, 0.1) is 5.41 Å². The SMILES string of the molecule is NC(=O)c1cccc2cn(-c3ccc(CN4CCC5(CCN(Cc6ccccc6)C5)C4)cc3)nc12.O=C(O)C(F)(F)F.O=C(O)C(F)(F)F. The zero-order valence-corrected chi connectivity index (χ0v) is 25.9. The van der Waals surface area contributed by atoms with Gasteiger partial charge in [0.2, 0.25) is 0 Å². The van der Waals surface area contributed by atoms with Gasteiger partial charge in [0.15, 0.2) is 0 Å². The molecule has 2 fully saturated rings. The lowest BCUT2D eigenvalue weighted by Gasteiger charge is -2.25. The van der Waals surface area contributed by atoms with Crippen molar-refractivity contribution < 1.29 is 50.9 Å². The van der Waals surface area contributed by atoms with Crippen molar-refractivity contribution >= 4 is 28.7 Å². The fourth-order valence-electron chi connectivity index (χ4n) is 5.89. The molecule has 2 aliphatic heterocycles. The van der Waals surface area contributed by atoms with Crippen LogP contribution >= 0.6 is 0 Å². The average molecular weight is 694 g/mol. The first-order valence-corrected chi connectivity index (χ1v) is 14.9. The molecule has 0 radical (unpaired) electrons. The molecule has 0 aliphatic carbocycles. The minimum Gasteiger partial charge on any atom is -0.475 e. The van der Waals surface area contributed by atoms with Crippen LogP contribution in [0.3, 0.4) is 0 Å². The van der Waals surface area contributed by atoms with E-state index in [2.05, 4.69) is 69.5 Å². The Morgan fingerprint density at radius 2 is 1.22 bits per heavy atom. The molecule has 2 saturated heterocycles. The zero-order valence-electron chi connectivity index (χ0n) is 25.9. The Labute approximate surface area is 276 Å². The summed E-state index contributed by atoms with van der Waals surface area (Å²) < 4.78 is 65.3. The predicted octanol–water partition coefficient (Wildman–Crippen LogP) is 5.49. The summed E-state index contributed by atoms with van der Waals surface area (Å²) >= 11 is 0. The summed E-state index contributed by atoms with van der Waals surface area (Å²) in [5, 5.41) is 19.8. The van der Waals surface area contributed by atoms with Gasteiger partial charge in [-0.1, -0.05) is 54.6 Å². The maximum absolute atomic E-state index is 11.7. The number of amides is 1. The molecule has 49 heavy (non-hydrogen) atoms. The lowest BCUT2D eigenvalue weighted by molar-refractivity contribution is -0.193. The van der Waals surface area contributed by atoms with Crippen molar-refractivity contribution in [1.82, 2.24) is 19.6 Å². The van der Waals surface area contributed by atoms with Crippen LogP contribution in [0.2, 0.25) is 0 Å². The maximum atomic E-state index is 11.7. The second-order valence-electron chi connectivity index (χ2n) is 11.9. The van der Waals surface area contributed by atoms with Gasteiger partial charge in [-0.25, -0.2) is 14.3 Å². The van der Waals surface area contributed by atoms with Gasteiger partial charge in [-0.15, -0.1) is 0 Å². The maximum Gasteiger partial charge on any atom is 0.490 e. The number of nitrogens with two attached hydrogens (primary N) is 1. The number of alkyl halides is 6. The fraction of sp³-hybridized carbons (Fsp3) is 0.333. The lowest BCUT2D eigenvalue weighted by Crippen LogP contribution is -2.30. The van der Waals surface area contributed by atoms with Crippen molar-refractivity contribution in [2.75, 3.05) is 26.2 Å². The second kappa shape index (κ2) is 15.1. The molecular weight excluding hydrogens is 660 g/mol. The second-order valence-corrected chi connectivity index (χ2v) is 11.9. The molecule has 16 heteroatoms. The number of primary amides is 1. The molecule has 2 aliphatic rings. The minimum absolute atomic E-state index is 0.446. The van der Waals surface area contributed by atoms with Gasteiger partial charge in [0.25, 0.3) is 5.91 Å². The van der Waals surface area contributed by atoms with Gasteiger partial charge in [0.1, 0.15) is 5.52 Å². The third-order valence-corrected chi connectivity index (χ3v) is 8.18. The summed E-state index contributed by atoms with van der Waals surface area (Å²) in [5.74, 6) is -5.97. The highest BCUT2D eigenvalue weighted by Gasteiger charge is 2.43.